The van der Waals surface area contributed by atoms with Crippen LogP contribution in [-0.4, -0.2) is 22.7 Å². The molecule has 3 N–H and O–H groups in total. The molecule has 22 heavy (non-hydrogen) atoms. The maximum absolute atomic E-state index is 12.0. The quantitative estimate of drug-likeness (QED) is 0.877. The van der Waals surface area contributed by atoms with Crippen LogP contribution in [0.1, 0.15) is 58.4 Å². The van der Waals surface area contributed by atoms with Gasteiger partial charge in [0.25, 0.3) is 0 Å². The Morgan fingerprint density at radius 3 is 2.73 bits per heavy atom. The van der Waals surface area contributed by atoms with Crippen molar-refractivity contribution >= 4 is 11.8 Å². The molecule has 1 aromatic rings. The van der Waals surface area contributed by atoms with Gasteiger partial charge in [-0.15, -0.1) is 0 Å². The average molecular weight is 305 g/mol. The van der Waals surface area contributed by atoms with E-state index in [1.54, 1.807) is 12.4 Å². The normalized spacial score (nSPS) is 25.5. The summed E-state index contributed by atoms with van der Waals surface area (Å²) in [6.45, 7) is 7.83. The van der Waals surface area contributed by atoms with Crippen LogP contribution in [0.2, 0.25) is 0 Å². The van der Waals surface area contributed by atoms with Gasteiger partial charge in [0.15, 0.2) is 0 Å². The number of nitrogens with zero attached hydrogens (tertiary/aromatic N) is 1. The Labute approximate surface area is 132 Å². The topological polar surface area (TPSA) is 77.2 Å². The van der Waals surface area contributed by atoms with Crippen LogP contribution in [0.4, 0.5) is 10.5 Å². The lowest BCUT2D eigenvalue weighted by Gasteiger charge is -2.34. The van der Waals surface area contributed by atoms with Crippen molar-refractivity contribution in [1.29, 1.82) is 0 Å². The van der Waals surface area contributed by atoms with E-state index in [-0.39, 0.29) is 12.1 Å². The second-order valence-corrected chi connectivity index (χ2v) is 7.36. The number of nitrogen functional groups attached to an aromatic ring is 1. The first-order chi connectivity index (χ1) is 10.2. The maximum atomic E-state index is 12.0. The number of hydrogen-bond acceptors (Lipinski definition) is 4. The van der Waals surface area contributed by atoms with E-state index in [4.69, 9.17) is 10.5 Å². The summed E-state index contributed by atoms with van der Waals surface area (Å²) in [5.74, 6) is 0.887. The third-order valence-corrected chi connectivity index (χ3v) is 3.99. The first-order valence-corrected chi connectivity index (χ1v) is 7.93. The number of anilines is 1. The molecule has 0 radical (unpaired) electrons. The van der Waals surface area contributed by atoms with Crippen LogP contribution >= 0.6 is 0 Å². The van der Waals surface area contributed by atoms with Crippen LogP contribution in [0.25, 0.3) is 0 Å². The molecule has 1 saturated carbocycles. The Morgan fingerprint density at radius 1 is 1.36 bits per heavy atom. The molecule has 2 rings (SSSR count). The second-order valence-electron chi connectivity index (χ2n) is 7.36. The number of alkyl carbamates (subject to hydrolysis) is 1. The van der Waals surface area contributed by atoms with Crippen molar-refractivity contribution in [2.75, 3.05) is 5.73 Å². The third kappa shape index (κ3) is 4.61. The van der Waals surface area contributed by atoms with Crippen LogP contribution in [0, 0.1) is 5.92 Å². The molecular formula is C17H27N3O2. The number of carbonyl (C=O) groups excluding carboxylic acids is 1. The first-order valence-electron chi connectivity index (χ1n) is 7.93. The predicted octanol–water partition coefficient (Wildman–Crippen LogP) is 3.46. The summed E-state index contributed by atoms with van der Waals surface area (Å²) in [5, 5.41) is 3.01. The number of carbonyl (C=O) groups is 1. The third-order valence-electron chi connectivity index (χ3n) is 3.99. The molecule has 0 aromatic carbocycles. The van der Waals surface area contributed by atoms with E-state index in [0.717, 1.165) is 30.5 Å². The molecule has 1 aliphatic rings. The van der Waals surface area contributed by atoms with Gasteiger partial charge >= 0.3 is 6.09 Å². The van der Waals surface area contributed by atoms with Gasteiger partial charge < -0.3 is 15.8 Å². The molecule has 1 aromatic heterocycles. The number of aromatic nitrogens is 1. The molecule has 0 saturated heterocycles. The molecule has 0 spiro atoms. The van der Waals surface area contributed by atoms with Crippen molar-refractivity contribution in [2.45, 2.75) is 64.5 Å². The number of nitrogens with one attached hydrogen (secondary N) is 1. The molecule has 1 fully saturated rings. The van der Waals surface area contributed by atoms with Crippen molar-refractivity contribution in [2.24, 2.45) is 5.92 Å². The molecule has 1 unspecified atom stereocenters. The summed E-state index contributed by atoms with van der Waals surface area (Å²) in [6, 6.07) is 2.11. The first kappa shape index (κ1) is 16.6. The van der Waals surface area contributed by atoms with Gasteiger partial charge in [0.05, 0.1) is 11.9 Å². The van der Waals surface area contributed by atoms with E-state index < -0.39 is 5.60 Å². The van der Waals surface area contributed by atoms with Gasteiger partial charge in [-0.2, -0.15) is 0 Å². The Hall–Kier alpha value is -1.78. The van der Waals surface area contributed by atoms with E-state index in [1.165, 1.54) is 0 Å². The zero-order valence-electron chi connectivity index (χ0n) is 13.9. The lowest BCUT2D eigenvalue weighted by Crippen LogP contribution is -2.42. The molecule has 3 atom stereocenters. The summed E-state index contributed by atoms with van der Waals surface area (Å²) in [7, 11) is 0. The highest BCUT2D eigenvalue weighted by Gasteiger charge is 2.30. The largest absolute Gasteiger partial charge is 0.444 e. The number of nitrogens with two attached hydrogens (primary N) is 1. The van der Waals surface area contributed by atoms with Gasteiger partial charge in [-0.1, -0.05) is 6.92 Å². The maximum Gasteiger partial charge on any atom is 0.407 e. The highest BCUT2D eigenvalue weighted by molar-refractivity contribution is 5.68. The molecule has 0 bridgehead atoms. The zero-order valence-corrected chi connectivity index (χ0v) is 13.9. The average Bonchev–Trinajstić information content (AvgIpc) is 2.35. The SMILES string of the molecule is C[C@@H]1CC(c2ccncc2N)C[C@H](NC(=O)OC(C)(C)C)C1. The Bertz CT molecular complexity index is 525. The number of ether oxygens (including phenoxy) is 1. The van der Waals surface area contributed by atoms with Gasteiger partial charge in [-0.05, 0) is 63.5 Å². The minimum absolute atomic E-state index is 0.121. The summed E-state index contributed by atoms with van der Waals surface area (Å²) in [4.78, 5) is 16.0. The zero-order chi connectivity index (χ0) is 16.3. The molecule has 1 aliphatic carbocycles. The highest BCUT2D eigenvalue weighted by Crippen LogP contribution is 2.38. The molecular weight excluding hydrogens is 278 g/mol. The minimum Gasteiger partial charge on any atom is -0.444 e. The lowest BCUT2D eigenvalue weighted by molar-refractivity contribution is 0.0482. The van der Waals surface area contributed by atoms with Crippen LogP contribution in [0.15, 0.2) is 18.5 Å². The van der Waals surface area contributed by atoms with Gasteiger partial charge in [0.1, 0.15) is 5.60 Å². The number of pyridine rings is 1. The van der Waals surface area contributed by atoms with Crippen molar-refractivity contribution in [3.05, 3.63) is 24.0 Å². The Kier molecular flexibility index (Phi) is 4.94. The van der Waals surface area contributed by atoms with Gasteiger partial charge in [-0.25, -0.2) is 4.79 Å². The molecule has 5 heteroatoms. The number of rotatable bonds is 2. The van der Waals surface area contributed by atoms with E-state index in [1.807, 2.05) is 26.8 Å². The number of amides is 1. The molecule has 1 heterocycles. The van der Waals surface area contributed by atoms with Crippen LogP contribution in [-0.2, 0) is 4.74 Å². The Morgan fingerprint density at radius 2 is 2.09 bits per heavy atom. The van der Waals surface area contributed by atoms with Crippen molar-refractivity contribution < 1.29 is 9.53 Å². The lowest BCUT2D eigenvalue weighted by atomic mass is 9.76. The van der Waals surface area contributed by atoms with Gasteiger partial charge in [-0.3, -0.25) is 4.98 Å². The summed E-state index contributed by atoms with van der Waals surface area (Å²) in [5.41, 5.74) is 7.45. The van der Waals surface area contributed by atoms with Crippen molar-refractivity contribution in [1.82, 2.24) is 10.3 Å². The van der Waals surface area contributed by atoms with Crippen LogP contribution in [0.5, 0.6) is 0 Å². The summed E-state index contributed by atoms with van der Waals surface area (Å²) in [6.07, 6.45) is 6.08. The van der Waals surface area contributed by atoms with Gasteiger partial charge in [0, 0.05) is 12.2 Å². The fourth-order valence-corrected chi connectivity index (χ4v) is 3.24. The number of hydrogen-bond donors (Lipinski definition) is 2. The van der Waals surface area contributed by atoms with Crippen LogP contribution < -0.4 is 11.1 Å². The van der Waals surface area contributed by atoms with Gasteiger partial charge in [0.2, 0.25) is 0 Å². The fourth-order valence-electron chi connectivity index (χ4n) is 3.24. The van der Waals surface area contributed by atoms with E-state index in [2.05, 4.69) is 17.2 Å². The highest BCUT2D eigenvalue weighted by atomic mass is 16.6. The van der Waals surface area contributed by atoms with Crippen molar-refractivity contribution in [3.63, 3.8) is 0 Å². The van der Waals surface area contributed by atoms with Crippen molar-refractivity contribution in [3.8, 4) is 0 Å². The second kappa shape index (κ2) is 6.55. The molecule has 0 aliphatic heterocycles. The minimum atomic E-state index is -0.473. The fraction of sp³-hybridized carbons (Fsp3) is 0.647. The monoisotopic (exact) mass is 305 g/mol. The van der Waals surface area contributed by atoms with E-state index in [9.17, 15) is 4.79 Å². The standard InChI is InChI=1S/C17H27N3O2/c1-11-7-12(14-5-6-19-10-15(14)18)9-13(8-11)20-16(21)22-17(2,3)4/h5-6,10-13H,7-9,18H2,1-4H3,(H,20,21)/t11-,12?,13-/m1/s1. The van der Waals surface area contributed by atoms with E-state index in [0.29, 0.717) is 11.8 Å². The van der Waals surface area contributed by atoms with Crippen LogP contribution in [0.3, 0.4) is 0 Å². The summed E-state index contributed by atoms with van der Waals surface area (Å²) < 4.78 is 5.36. The summed E-state index contributed by atoms with van der Waals surface area (Å²) >= 11 is 0. The molecule has 5 nitrogen and oxygen atoms in total. The molecule has 1 amide bonds. The smallest absolute Gasteiger partial charge is 0.407 e. The molecule has 122 valence electrons. The Balaban J connectivity index is 2.02. The van der Waals surface area contributed by atoms with E-state index >= 15 is 0 Å². The predicted molar refractivity (Wildman–Crippen MR) is 87.6 cm³/mol.